The van der Waals surface area contributed by atoms with Gasteiger partial charge < -0.3 is 31.7 Å². The zero-order valence-electron chi connectivity index (χ0n) is 24.4. The Morgan fingerprint density at radius 3 is 1.97 bits per heavy atom. The number of amides is 4. The minimum atomic E-state index is -0.847. The van der Waals surface area contributed by atoms with E-state index < -0.39 is 29.9 Å². The molecule has 39 heavy (non-hydrogen) atoms. The van der Waals surface area contributed by atoms with Crippen LogP contribution in [-0.2, 0) is 63.2 Å². The van der Waals surface area contributed by atoms with Crippen LogP contribution in [0.25, 0.3) is 5.73 Å². The predicted octanol–water partition coefficient (Wildman–Crippen LogP) is 3.97. The van der Waals surface area contributed by atoms with Gasteiger partial charge in [-0.05, 0) is 24.6 Å². The monoisotopic (exact) mass is 625 g/mol. The van der Waals surface area contributed by atoms with Crippen molar-refractivity contribution in [3.05, 3.63) is 35.6 Å². The summed E-state index contributed by atoms with van der Waals surface area (Å²) in [5, 5.41) is 9.99. The maximum atomic E-state index is 12.3. The van der Waals surface area contributed by atoms with E-state index in [2.05, 4.69) is 35.1 Å². The molecule has 1 atom stereocenters. The number of hydrogen-bond acceptors (Lipinski definition) is 6. The molecule has 0 aromatic heterocycles. The van der Waals surface area contributed by atoms with E-state index in [1.807, 2.05) is 13.8 Å². The molecule has 0 fully saturated rings. The molecule has 4 amide bonds. The molecule has 1 radical (unpaired) electrons. The number of nitrogens with one attached hydrogen (secondary N) is 5. The Morgan fingerprint density at radius 1 is 0.897 bits per heavy atom. The van der Waals surface area contributed by atoms with E-state index >= 15 is 0 Å². The van der Waals surface area contributed by atoms with E-state index in [4.69, 9.17) is 10.5 Å². The summed E-state index contributed by atoms with van der Waals surface area (Å²) in [5.74, 6) is -1.55. The van der Waals surface area contributed by atoms with Gasteiger partial charge in [-0.2, -0.15) is 0 Å². The van der Waals surface area contributed by atoms with Crippen LogP contribution in [0.3, 0.4) is 0 Å². The largest absolute Gasteiger partial charge is 0.676 e. The average Bonchev–Trinajstić information content (AvgIpc) is 2.90. The Hall–Kier alpha value is -2.37. The van der Waals surface area contributed by atoms with Crippen molar-refractivity contribution in [2.45, 2.75) is 80.4 Å². The zero-order chi connectivity index (χ0) is 29.5. The maximum absolute atomic E-state index is 12.3. The number of benzene rings is 1. The van der Waals surface area contributed by atoms with Gasteiger partial charge in [-0.1, -0.05) is 60.1 Å². The quantitative estimate of drug-likeness (QED) is 0.259. The molecule has 0 aliphatic carbocycles. The molecular weight excluding hydrogens is 579 g/mol. The summed E-state index contributed by atoms with van der Waals surface area (Å²) < 4.78 is 5.00. The molecule has 0 bridgehead atoms. The van der Waals surface area contributed by atoms with Gasteiger partial charge in [-0.3, -0.25) is 19.2 Å². The van der Waals surface area contributed by atoms with E-state index in [-0.39, 0.29) is 83.5 Å². The van der Waals surface area contributed by atoms with E-state index in [0.717, 1.165) is 0 Å². The van der Waals surface area contributed by atoms with Crippen molar-refractivity contribution in [2.24, 2.45) is 5.92 Å². The van der Waals surface area contributed by atoms with Crippen molar-refractivity contribution in [3.63, 3.8) is 0 Å². The summed E-state index contributed by atoms with van der Waals surface area (Å²) in [5.41, 5.74) is 8.16. The summed E-state index contributed by atoms with van der Waals surface area (Å²) in [6.07, 6.45) is 0.773. The molecule has 1 aromatic carbocycles. The van der Waals surface area contributed by atoms with Crippen molar-refractivity contribution in [3.8, 4) is 0 Å². The van der Waals surface area contributed by atoms with E-state index in [9.17, 15) is 24.0 Å². The van der Waals surface area contributed by atoms with Gasteiger partial charge in [0.15, 0.2) is 0 Å². The molecular formula is C27H46N5O6Y-. The van der Waals surface area contributed by atoms with Gasteiger partial charge >= 0.3 is 6.09 Å². The summed E-state index contributed by atoms with van der Waals surface area (Å²) in [7, 11) is 0. The van der Waals surface area contributed by atoms with Gasteiger partial charge in [0.1, 0.15) is 18.4 Å². The third-order valence-corrected chi connectivity index (χ3v) is 4.45. The molecule has 0 aliphatic heterocycles. The number of hydrogen-bond donors (Lipinski definition) is 4. The SMILES string of the molecule is CC.CC(C)C(=O)CCC(=O)NCC(=O)NC(C)C(=O)Nc1ccc(COC(=O)NCC[NH-])cc1.CCC.[Y]. The number of Topliss-reactive ketones (excluding diaryl/α,β-unsaturated/α-hetero) is 1. The van der Waals surface area contributed by atoms with Gasteiger partial charge in [0.25, 0.3) is 0 Å². The Morgan fingerprint density at radius 2 is 1.46 bits per heavy atom. The van der Waals surface area contributed by atoms with Gasteiger partial charge in [-0.25, -0.2) is 4.79 Å². The van der Waals surface area contributed by atoms with Gasteiger partial charge in [0.05, 0.1) is 6.54 Å². The standard InChI is InChI=1S/C22H32N5O6.C3H8.C2H6.Y/c1-14(2)18(28)8-9-19(29)25-12-20(30)26-15(3)21(31)27-17-6-4-16(5-7-17)13-33-22(32)24-11-10-23;1-3-2;1-2;/h4-7,14-15,23H,8-13H2,1-3H3,(H,24,32)(H,25,29)(H,26,30)(H,27,31);3H2,1-2H3;1-2H3;/q-1;;;. The smallest absolute Gasteiger partial charge is 0.407 e. The third kappa shape index (κ3) is 22.2. The molecule has 1 rings (SSSR count). The van der Waals surface area contributed by atoms with Crippen LogP contribution >= 0.6 is 0 Å². The molecule has 0 saturated heterocycles. The normalized spacial score (nSPS) is 10.2. The van der Waals surface area contributed by atoms with E-state index in [0.29, 0.717) is 11.3 Å². The van der Waals surface area contributed by atoms with Gasteiger partial charge in [0, 0.05) is 63.7 Å². The summed E-state index contributed by atoms with van der Waals surface area (Å²) in [6, 6.07) is 5.77. The molecule has 5 N–H and O–H groups in total. The second-order valence-electron chi connectivity index (χ2n) is 8.33. The van der Waals surface area contributed by atoms with Crippen LogP contribution in [0, 0.1) is 5.92 Å². The molecule has 0 aliphatic rings. The van der Waals surface area contributed by atoms with Crippen LogP contribution in [0.5, 0.6) is 0 Å². The molecule has 12 heteroatoms. The fourth-order valence-electron chi connectivity index (χ4n) is 2.45. The molecule has 0 spiro atoms. The van der Waals surface area contributed by atoms with Crippen LogP contribution in [0.15, 0.2) is 24.3 Å². The maximum Gasteiger partial charge on any atom is 0.407 e. The summed E-state index contributed by atoms with van der Waals surface area (Å²) in [4.78, 5) is 58.9. The Labute approximate surface area is 258 Å². The molecule has 0 saturated carbocycles. The second-order valence-corrected chi connectivity index (χ2v) is 8.33. The molecule has 1 unspecified atom stereocenters. The van der Waals surface area contributed by atoms with E-state index in [1.165, 1.54) is 13.3 Å². The second kappa shape index (κ2) is 25.9. The number of anilines is 1. The van der Waals surface area contributed by atoms with Crippen LogP contribution in [0.4, 0.5) is 10.5 Å². The molecule has 219 valence electrons. The average molecular weight is 626 g/mol. The Kier molecular flexibility index (Phi) is 27.3. The zero-order valence-corrected chi connectivity index (χ0v) is 27.3. The summed E-state index contributed by atoms with van der Waals surface area (Å²) >= 11 is 0. The van der Waals surface area contributed by atoms with Crippen molar-refractivity contribution in [1.29, 1.82) is 0 Å². The number of rotatable bonds is 13. The third-order valence-electron chi connectivity index (χ3n) is 4.45. The van der Waals surface area contributed by atoms with Crippen LogP contribution in [0.2, 0.25) is 0 Å². The van der Waals surface area contributed by atoms with Crippen LogP contribution in [0.1, 0.15) is 73.3 Å². The van der Waals surface area contributed by atoms with E-state index in [1.54, 1.807) is 38.1 Å². The number of alkyl carbamates (subject to hydrolysis) is 1. The topological polar surface area (TPSA) is 167 Å². The first-order valence-corrected chi connectivity index (χ1v) is 13.1. The predicted molar refractivity (Wildman–Crippen MR) is 149 cm³/mol. The number of ether oxygens (including phenoxy) is 1. The van der Waals surface area contributed by atoms with Crippen molar-refractivity contribution >= 4 is 35.3 Å². The fraction of sp³-hybridized carbons (Fsp3) is 0.593. The molecule has 1 aromatic rings. The molecule has 11 nitrogen and oxygen atoms in total. The number of carbonyl (C=O) groups excluding carboxylic acids is 5. The molecule has 0 heterocycles. The van der Waals surface area contributed by atoms with Crippen LogP contribution in [-0.4, -0.2) is 55.3 Å². The number of ketones is 1. The van der Waals surface area contributed by atoms with Gasteiger partial charge in [0.2, 0.25) is 17.7 Å². The fourth-order valence-corrected chi connectivity index (χ4v) is 2.45. The first-order valence-electron chi connectivity index (χ1n) is 13.1. The minimum absolute atomic E-state index is 0. The minimum Gasteiger partial charge on any atom is -0.676 e. The first kappa shape index (κ1) is 41.1. The van der Waals surface area contributed by atoms with Crippen LogP contribution < -0.4 is 21.3 Å². The Balaban J connectivity index is -0.00000201. The van der Waals surface area contributed by atoms with Crippen molar-refractivity contribution in [2.75, 3.05) is 25.0 Å². The summed E-state index contributed by atoms with van der Waals surface area (Å²) in [6.45, 7) is 13.3. The number of carbonyl (C=O) groups is 5. The Bertz CT molecular complexity index is 850. The van der Waals surface area contributed by atoms with Gasteiger partial charge in [-0.15, -0.1) is 6.54 Å². The van der Waals surface area contributed by atoms with Crippen molar-refractivity contribution in [1.82, 2.24) is 16.0 Å². The van der Waals surface area contributed by atoms with Crippen molar-refractivity contribution < 1.29 is 61.4 Å². The first-order chi connectivity index (χ1) is 18.0.